The van der Waals surface area contributed by atoms with Crippen LogP contribution in [0, 0.1) is 6.92 Å². The second-order valence-corrected chi connectivity index (χ2v) is 12.6. The molecule has 0 aliphatic heterocycles. The number of nitrogens with one attached hydrogen (secondary N) is 2. The van der Waals surface area contributed by atoms with E-state index in [1.54, 1.807) is 23.3 Å². The third-order valence-electron chi connectivity index (χ3n) is 6.56. The van der Waals surface area contributed by atoms with Crippen LogP contribution in [0.15, 0.2) is 49.1 Å². The Bertz CT molecular complexity index is 1420. The Morgan fingerprint density at radius 2 is 1.84 bits per heavy atom. The van der Waals surface area contributed by atoms with Gasteiger partial charge in [-0.05, 0) is 43.0 Å². The number of carbonyl (C=O) groups is 1. The summed E-state index contributed by atoms with van der Waals surface area (Å²) < 4.78 is 7.04. The van der Waals surface area contributed by atoms with Crippen molar-refractivity contribution in [2.24, 2.45) is 7.05 Å². The summed E-state index contributed by atoms with van der Waals surface area (Å²) in [7, 11) is 1.86. The van der Waals surface area contributed by atoms with Gasteiger partial charge in [-0.15, -0.1) is 11.3 Å². The van der Waals surface area contributed by atoms with Gasteiger partial charge in [0.25, 0.3) is 5.91 Å². The lowest BCUT2D eigenvalue weighted by molar-refractivity contribution is 0.0954. The van der Waals surface area contributed by atoms with Crippen LogP contribution in [0.2, 0.25) is 0 Å². The van der Waals surface area contributed by atoms with Gasteiger partial charge in [0.1, 0.15) is 4.88 Å². The Kier molecular flexibility index (Phi) is 13.3. The van der Waals surface area contributed by atoms with E-state index in [-0.39, 0.29) is 11.3 Å². The Balaban J connectivity index is 0.000000436. The number of ether oxygens (including phenoxy) is 1. The molecule has 3 aromatic heterocycles. The van der Waals surface area contributed by atoms with Crippen molar-refractivity contribution in [3.63, 3.8) is 0 Å². The van der Waals surface area contributed by atoms with Crippen molar-refractivity contribution in [2.45, 2.75) is 85.6 Å². The fourth-order valence-corrected chi connectivity index (χ4v) is 5.00. The molecule has 43 heavy (non-hydrogen) atoms. The number of nitrogens with zero attached hydrogens (tertiary/aromatic N) is 5. The molecule has 3 heterocycles. The van der Waals surface area contributed by atoms with Crippen molar-refractivity contribution < 1.29 is 9.53 Å². The predicted octanol–water partition coefficient (Wildman–Crippen LogP) is 7.61. The van der Waals surface area contributed by atoms with Crippen LogP contribution in [-0.2, 0) is 23.7 Å². The molecule has 0 fully saturated rings. The maximum atomic E-state index is 12.6. The maximum Gasteiger partial charge on any atom is 0.263 e. The van der Waals surface area contributed by atoms with Gasteiger partial charge in [0, 0.05) is 50.2 Å². The molecule has 10 heteroatoms. The largest absolute Gasteiger partial charge is 0.381 e. The Labute approximate surface area is 260 Å². The van der Waals surface area contributed by atoms with Crippen LogP contribution in [0.25, 0.3) is 11.3 Å². The molecule has 0 unspecified atom stereocenters. The zero-order chi connectivity index (χ0) is 31.2. The van der Waals surface area contributed by atoms with Gasteiger partial charge in [-0.2, -0.15) is 5.10 Å². The van der Waals surface area contributed by atoms with Gasteiger partial charge in [0.15, 0.2) is 0 Å². The first kappa shape index (κ1) is 33.9. The zero-order valence-electron chi connectivity index (χ0n) is 26.7. The number of unbranched alkanes of at least 4 members (excludes halogenated alkanes) is 3. The molecule has 232 valence electrons. The molecule has 2 N–H and O–H groups in total. The van der Waals surface area contributed by atoms with E-state index >= 15 is 0 Å². The lowest BCUT2D eigenvalue weighted by atomic mass is 9.98. The minimum atomic E-state index is -0.103. The van der Waals surface area contributed by atoms with Crippen LogP contribution in [0.3, 0.4) is 0 Å². The van der Waals surface area contributed by atoms with E-state index in [1.807, 2.05) is 38.4 Å². The van der Waals surface area contributed by atoms with Crippen LogP contribution in [0.5, 0.6) is 0 Å². The maximum absolute atomic E-state index is 12.6. The van der Waals surface area contributed by atoms with Gasteiger partial charge < -0.3 is 15.4 Å². The van der Waals surface area contributed by atoms with Crippen LogP contribution < -0.4 is 10.6 Å². The number of aryl methyl sites for hydroxylation is 2. The standard InChI is InChI=1S/C24H27N7OS.C9H20O/c1-15-10-16(19-8-9-25-23(30-19)29-18-12-28-31(5)14-18)6-7-17(15)11-26-21(32)20-13-27-22(33-20)24(2,3)4;1-3-5-6-7-9-10-8-4-2/h6-10,12-14H,11H2,1-5H3,(H,26,32)(H,25,29,30);3-9H2,1-2H3. The third kappa shape index (κ3) is 11.2. The smallest absolute Gasteiger partial charge is 0.263 e. The van der Waals surface area contributed by atoms with Crippen LogP contribution >= 0.6 is 11.3 Å². The van der Waals surface area contributed by atoms with Crippen LogP contribution in [0.4, 0.5) is 11.6 Å². The predicted molar refractivity (Wildman–Crippen MR) is 176 cm³/mol. The van der Waals surface area contributed by atoms with E-state index in [0.29, 0.717) is 17.4 Å². The quantitative estimate of drug-likeness (QED) is 0.151. The summed E-state index contributed by atoms with van der Waals surface area (Å²) in [4.78, 5) is 26.5. The van der Waals surface area contributed by atoms with E-state index in [1.165, 1.54) is 37.0 Å². The molecule has 0 bridgehead atoms. The number of amides is 1. The number of thiazole rings is 1. The summed E-state index contributed by atoms with van der Waals surface area (Å²) in [6, 6.07) is 7.98. The minimum Gasteiger partial charge on any atom is -0.381 e. The van der Waals surface area contributed by atoms with Gasteiger partial charge in [-0.3, -0.25) is 9.48 Å². The molecule has 0 aliphatic rings. The number of rotatable bonds is 13. The highest BCUT2D eigenvalue weighted by atomic mass is 32.1. The summed E-state index contributed by atoms with van der Waals surface area (Å²) in [6.07, 6.45) is 13.4. The third-order valence-corrected chi connectivity index (χ3v) is 7.98. The average molecular weight is 606 g/mol. The molecule has 4 aromatic rings. The molecule has 0 saturated heterocycles. The Morgan fingerprint density at radius 3 is 2.49 bits per heavy atom. The lowest BCUT2D eigenvalue weighted by Gasteiger charge is -2.13. The van der Waals surface area contributed by atoms with Crippen molar-refractivity contribution >= 4 is 28.9 Å². The minimum absolute atomic E-state index is 0.0655. The monoisotopic (exact) mass is 605 g/mol. The number of hydrogen-bond donors (Lipinski definition) is 2. The fraction of sp³-hybridized carbons (Fsp3) is 0.485. The van der Waals surface area contributed by atoms with Crippen molar-refractivity contribution in [1.82, 2.24) is 30.0 Å². The number of hydrogen-bond acceptors (Lipinski definition) is 8. The molecule has 0 aliphatic carbocycles. The first-order valence-corrected chi connectivity index (χ1v) is 15.9. The van der Waals surface area contributed by atoms with E-state index in [0.717, 1.165) is 52.7 Å². The SMILES string of the molecule is CCCCCCOCCC.Cc1cc(-c2ccnc(Nc3cnn(C)c3)n2)ccc1CNC(=O)c1cnc(C(C)(C)C)s1. The number of anilines is 2. The molecular weight excluding hydrogens is 558 g/mol. The van der Waals surface area contributed by atoms with Crippen LogP contribution in [0.1, 0.15) is 92.5 Å². The lowest BCUT2D eigenvalue weighted by Crippen LogP contribution is -2.22. The van der Waals surface area contributed by atoms with Gasteiger partial charge in [0.2, 0.25) is 5.95 Å². The van der Waals surface area contributed by atoms with Gasteiger partial charge in [0.05, 0.1) is 28.8 Å². The molecule has 4 rings (SSSR count). The summed E-state index contributed by atoms with van der Waals surface area (Å²) in [5, 5.41) is 11.3. The summed E-state index contributed by atoms with van der Waals surface area (Å²) in [5.41, 5.74) is 4.69. The molecule has 1 amide bonds. The topological polar surface area (TPSA) is 107 Å². The molecule has 0 radical (unpaired) electrons. The van der Waals surface area contributed by atoms with E-state index in [4.69, 9.17) is 4.74 Å². The van der Waals surface area contributed by atoms with E-state index in [2.05, 4.69) is 71.4 Å². The van der Waals surface area contributed by atoms with Crippen molar-refractivity contribution in [3.8, 4) is 11.3 Å². The van der Waals surface area contributed by atoms with Gasteiger partial charge in [-0.1, -0.05) is 66.0 Å². The number of aromatic nitrogens is 5. The normalized spacial score (nSPS) is 11.1. The first-order valence-electron chi connectivity index (χ1n) is 15.1. The second kappa shape index (κ2) is 16.9. The molecule has 9 nitrogen and oxygen atoms in total. The van der Waals surface area contributed by atoms with Crippen molar-refractivity contribution in [2.75, 3.05) is 18.5 Å². The molecule has 0 atom stereocenters. The zero-order valence-corrected chi connectivity index (χ0v) is 27.6. The van der Waals surface area contributed by atoms with Crippen molar-refractivity contribution in [1.29, 1.82) is 0 Å². The average Bonchev–Trinajstić information content (AvgIpc) is 3.64. The summed E-state index contributed by atoms with van der Waals surface area (Å²) in [5.74, 6) is 0.405. The van der Waals surface area contributed by atoms with Crippen LogP contribution in [-0.4, -0.2) is 43.9 Å². The van der Waals surface area contributed by atoms with Gasteiger partial charge in [-0.25, -0.2) is 15.0 Å². The molecular formula is C33H47N7O2S. The highest BCUT2D eigenvalue weighted by molar-refractivity contribution is 7.13. The fourth-order valence-electron chi connectivity index (χ4n) is 4.11. The molecule has 0 saturated carbocycles. The first-order chi connectivity index (χ1) is 20.6. The Hall–Kier alpha value is -3.63. The van der Waals surface area contributed by atoms with E-state index < -0.39 is 0 Å². The highest BCUT2D eigenvalue weighted by Gasteiger charge is 2.20. The van der Waals surface area contributed by atoms with E-state index in [9.17, 15) is 4.79 Å². The second-order valence-electron chi connectivity index (χ2n) is 11.6. The Morgan fingerprint density at radius 1 is 1.02 bits per heavy atom. The summed E-state index contributed by atoms with van der Waals surface area (Å²) >= 11 is 1.44. The van der Waals surface area contributed by atoms with Crippen molar-refractivity contribution in [3.05, 3.63) is 70.1 Å². The molecule has 1 aromatic carbocycles. The summed E-state index contributed by atoms with van der Waals surface area (Å²) in [6.45, 7) is 15.0. The molecule has 0 spiro atoms. The number of benzene rings is 1. The van der Waals surface area contributed by atoms with Gasteiger partial charge >= 0.3 is 0 Å². The number of carbonyl (C=O) groups excluding carboxylic acids is 1. The highest BCUT2D eigenvalue weighted by Crippen LogP contribution is 2.27.